The number of rotatable bonds is 8. The number of aryl methyl sites for hydroxylation is 3. The van der Waals surface area contributed by atoms with E-state index in [4.69, 9.17) is 14.8 Å². The lowest BCUT2D eigenvalue weighted by Gasteiger charge is -2.29. The molecule has 8 heteroatoms. The van der Waals surface area contributed by atoms with Crippen molar-refractivity contribution in [1.82, 2.24) is 24.6 Å². The van der Waals surface area contributed by atoms with Gasteiger partial charge >= 0.3 is 5.97 Å². The van der Waals surface area contributed by atoms with Crippen LogP contribution in [0.25, 0.3) is 5.69 Å². The normalized spacial score (nSPS) is 21.4. The molecule has 2 aromatic heterocycles. The smallest absolute Gasteiger partial charge is 0.306 e. The van der Waals surface area contributed by atoms with E-state index >= 15 is 0 Å². The molecule has 0 saturated carbocycles. The Labute approximate surface area is 263 Å². The molecule has 0 radical (unpaired) electrons. The minimum atomic E-state index is -0.156. The van der Waals surface area contributed by atoms with E-state index in [0.29, 0.717) is 11.8 Å². The van der Waals surface area contributed by atoms with Crippen LogP contribution in [0.2, 0.25) is 0 Å². The van der Waals surface area contributed by atoms with Gasteiger partial charge in [-0.25, -0.2) is 9.67 Å². The van der Waals surface area contributed by atoms with Gasteiger partial charge in [-0.2, -0.15) is 5.10 Å². The monoisotopic (exact) mass is 598 g/mol. The minimum absolute atomic E-state index is 0.0370. The molecule has 236 valence electrons. The van der Waals surface area contributed by atoms with Gasteiger partial charge in [0, 0.05) is 44.3 Å². The standard InChI is InChI=1S/C36H50N6O2/c1-25-16-26(2)42(39-25)32-18-28(17-30(20-32)35(3,4)5)29(19-33(43)44-6)21-40-14-11-36(23-40)12-15-41(24-36)22-31-10-9-27-8-7-13-37-34(27)38-31/h9-10,16-18,20,29H,7-8,11-15,19,21-24H2,1-6H3,(H,37,38)/t29-,36?/m1/s1. The molecule has 2 atom stereocenters. The van der Waals surface area contributed by atoms with Crippen molar-refractivity contribution in [2.75, 3.05) is 51.7 Å². The maximum atomic E-state index is 12.7. The van der Waals surface area contributed by atoms with E-state index in [2.05, 4.69) is 79.2 Å². The Morgan fingerprint density at radius 1 is 1.07 bits per heavy atom. The second-order valence-electron chi connectivity index (χ2n) is 14.7. The zero-order valence-corrected chi connectivity index (χ0v) is 27.6. The number of aromatic nitrogens is 3. The highest BCUT2D eigenvalue weighted by Crippen LogP contribution is 2.41. The zero-order chi connectivity index (χ0) is 31.1. The second-order valence-corrected chi connectivity index (χ2v) is 14.7. The van der Waals surface area contributed by atoms with E-state index in [9.17, 15) is 4.79 Å². The Hall–Kier alpha value is -3.23. The van der Waals surface area contributed by atoms with Gasteiger partial charge in [0.25, 0.3) is 0 Å². The number of pyridine rings is 1. The van der Waals surface area contributed by atoms with Crippen molar-refractivity contribution in [2.24, 2.45) is 5.41 Å². The van der Waals surface area contributed by atoms with Crippen LogP contribution in [0.3, 0.4) is 0 Å². The zero-order valence-electron chi connectivity index (χ0n) is 27.6. The SMILES string of the molecule is COC(=O)C[C@H](CN1CCC2(CCN(Cc3ccc4c(n3)NCCC4)C2)C1)c1cc(-n2nc(C)cc2C)cc(C(C)(C)C)c1. The number of benzene rings is 1. The number of carbonyl (C=O) groups excluding carboxylic acids is 1. The van der Waals surface area contributed by atoms with Crippen molar-refractivity contribution in [1.29, 1.82) is 0 Å². The van der Waals surface area contributed by atoms with Gasteiger partial charge in [-0.05, 0) is 104 Å². The summed E-state index contributed by atoms with van der Waals surface area (Å²) in [6.45, 7) is 18.0. The van der Waals surface area contributed by atoms with Crippen molar-refractivity contribution < 1.29 is 9.53 Å². The van der Waals surface area contributed by atoms with Crippen LogP contribution < -0.4 is 5.32 Å². The highest BCUT2D eigenvalue weighted by atomic mass is 16.5. The summed E-state index contributed by atoms with van der Waals surface area (Å²) in [5.41, 5.74) is 8.40. The lowest BCUT2D eigenvalue weighted by Crippen LogP contribution is -2.33. The molecule has 44 heavy (non-hydrogen) atoms. The quantitative estimate of drug-likeness (QED) is 0.329. The third-order valence-corrected chi connectivity index (χ3v) is 10.0. The summed E-state index contributed by atoms with van der Waals surface area (Å²) in [6.07, 6.45) is 5.10. The Bertz CT molecular complexity index is 1510. The molecule has 8 nitrogen and oxygen atoms in total. The van der Waals surface area contributed by atoms with Crippen LogP contribution in [0.1, 0.15) is 86.1 Å². The Balaban J connectivity index is 1.19. The van der Waals surface area contributed by atoms with E-state index in [1.54, 1.807) is 0 Å². The lowest BCUT2D eigenvalue weighted by molar-refractivity contribution is -0.141. The fourth-order valence-corrected chi connectivity index (χ4v) is 7.57. The predicted molar refractivity (Wildman–Crippen MR) is 176 cm³/mol. The van der Waals surface area contributed by atoms with Crippen molar-refractivity contribution >= 4 is 11.8 Å². The molecule has 5 heterocycles. The van der Waals surface area contributed by atoms with Gasteiger partial charge in [0.2, 0.25) is 0 Å². The van der Waals surface area contributed by atoms with Crippen molar-refractivity contribution in [3.8, 4) is 5.69 Å². The molecule has 0 bridgehead atoms. The topological polar surface area (TPSA) is 75.5 Å². The summed E-state index contributed by atoms with van der Waals surface area (Å²) in [6, 6.07) is 13.4. The van der Waals surface area contributed by atoms with Gasteiger partial charge in [0.1, 0.15) is 5.82 Å². The number of likely N-dealkylation sites (tertiary alicyclic amines) is 2. The molecule has 3 aromatic rings. The fraction of sp³-hybridized carbons (Fsp3) is 0.583. The Morgan fingerprint density at radius 2 is 1.84 bits per heavy atom. The largest absolute Gasteiger partial charge is 0.469 e. The van der Waals surface area contributed by atoms with Crippen molar-refractivity contribution in [3.05, 3.63) is 70.2 Å². The first-order valence-corrected chi connectivity index (χ1v) is 16.4. The molecule has 2 saturated heterocycles. The molecule has 1 aromatic carbocycles. The average Bonchev–Trinajstić information content (AvgIpc) is 3.69. The lowest BCUT2D eigenvalue weighted by atomic mass is 9.83. The molecular weight excluding hydrogens is 548 g/mol. The molecular formula is C36H50N6O2. The highest BCUT2D eigenvalue weighted by molar-refractivity contribution is 5.70. The molecule has 6 rings (SSSR count). The van der Waals surface area contributed by atoms with E-state index in [1.807, 2.05) is 11.6 Å². The Morgan fingerprint density at radius 3 is 2.57 bits per heavy atom. The summed E-state index contributed by atoms with van der Waals surface area (Å²) in [5, 5.41) is 8.28. The summed E-state index contributed by atoms with van der Waals surface area (Å²) >= 11 is 0. The number of ether oxygens (including phenoxy) is 1. The molecule has 3 aliphatic heterocycles. The molecule has 1 unspecified atom stereocenters. The van der Waals surface area contributed by atoms with E-state index in [-0.39, 0.29) is 17.3 Å². The van der Waals surface area contributed by atoms with Crippen LogP contribution in [-0.4, -0.2) is 76.9 Å². The molecule has 2 fully saturated rings. The number of carbonyl (C=O) groups is 1. The maximum Gasteiger partial charge on any atom is 0.306 e. The van der Waals surface area contributed by atoms with Crippen LogP contribution >= 0.6 is 0 Å². The molecule has 1 N–H and O–H groups in total. The predicted octanol–water partition coefficient (Wildman–Crippen LogP) is 5.78. The minimum Gasteiger partial charge on any atom is -0.469 e. The number of hydrogen-bond donors (Lipinski definition) is 1. The van der Waals surface area contributed by atoms with E-state index < -0.39 is 0 Å². The third kappa shape index (κ3) is 6.71. The van der Waals surface area contributed by atoms with Gasteiger partial charge in [0.15, 0.2) is 0 Å². The number of nitrogens with one attached hydrogen (secondary N) is 1. The van der Waals surface area contributed by atoms with E-state index in [1.165, 1.54) is 48.8 Å². The number of nitrogens with zero attached hydrogens (tertiary/aromatic N) is 5. The summed E-state index contributed by atoms with van der Waals surface area (Å²) in [4.78, 5) is 22.9. The van der Waals surface area contributed by atoms with Crippen LogP contribution in [0, 0.1) is 19.3 Å². The maximum absolute atomic E-state index is 12.7. The first kappa shape index (κ1) is 30.8. The highest BCUT2D eigenvalue weighted by Gasteiger charge is 2.44. The van der Waals surface area contributed by atoms with Crippen LogP contribution in [0.5, 0.6) is 0 Å². The fourth-order valence-electron chi connectivity index (χ4n) is 7.57. The molecule has 0 amide bonds. The first-order chi connectivity index (χ1) is 21.0. The number of hydrogen-bond acceptors (Lipinski definition) is 7. The molecule has 0 aliphatic carbocycles. The number of anilines is 1. The summed E-state index contributed by atoms with van der Waals surface area (Å²) < 4.78 is 7.24. The third-order valence-electron chi connectivity index (χ3n) is 10.0. The van der Waals surface area contributed by atoms with Crippen LogP contribution in [-0.2, 0) is 27.9 Å². The molecule has 1 spiro atoms. The van der Waals surface area contributed by atoms with Crippen molar-refractivity contribution in [2.45, 2.75) is 84.6 Å². The van der Waals surface area contributed by atoms with Gasteiger partial charge < -0.3 is 15.0 Å². The van der Waals surface area contributed by atoms with Gasteiger partial charge in [-0.3, -0.25) is 9.69 Å². The van der Waals surface area contributed by atoms with E-state index in [0.717, 1.165) is 75.1 Å². The number of esters is 1. The second kappa shape index (κ2) is 12.3. The van der Waals surface area contributed by atoms with Gasteiger partial charge in [0.05, 0.1) is 30.6 Å². The van der Waals surface area contributed by atoms with Gasteiger partial charge in [-0.1, -0.05) is 32.9 Å². The number of fused-ring (bicyclic) bond motifs is 1. The van der Waals surface area contributed by atoms with Crippen molar-refractivity contribution in [3.63, 3.8) is 0 Å². The first-order valence-electron chi connectivity index (χ1n) is 16.4. The van der Waals surface area contributed by atoms with Crippen LogP contribution in [0.15, 0.2) is 36.4 Å². The summed E-state index contributed by atoms with van der Waals surface area (Å²) in [7, 11) is 1.50. The number of methoxy groups -OCH3 is 1. The molecule has 3 aliphatic rings. The average molecular weight is 599 g/mol. The summed E-state index contributed by atoms with van der Waals surface area (Å²) in [5.74, 6) is 0.972. The van der Waals surface area contributed by atoms with Gasteiger partial charge in [-0.15, -0.1) is 0 Å². The Kier molecular flexibility index (Phi) is 8.59. The van der Waals surface area contributed by atoms with Crippen LogP contribution in [0.4, 0.5) is 5.82 Å².